The van der Waals surface area contributed by atoms with Crippen molar-refractivity contribution in [2.75, 3.05) is 0 Å². The van der Waals surface area contributed by atoms with Gasteiger partial charge >= 0.3 is 6.16 Å². The van der Waals surface area contributed by atoms with Crippen LogP contribution in [0.2, 0.25) is 0 Å². The van der Waals surface area contributed by atoms with Crippen molar-refractivity contribution in [1.29, 1.82) is 0 Å². The highest BCUT2D eigenvalue weighted by molar-refractivity contribution is 5.59. The van der Waals surface area contributed by atoms with Gasteiger partial charge in [0.15, 0.2) is 0 Å². The lowest BCUT2D eigenvalue weighted by Gasteiger charge is -2.56. The number of fused-ring (bicyclic) bond motifs is 5. The molecule has 0 aliphatic heterocycles. The molecule has 5 atom stereocenters. The summed E-state index contributed by atoms with van der Waals surface area (Å²) in [5, 5.41) is 8.86. The highest BCUT2D eigenvalue weighted by Gasteiger charge is 2.55. The average molecular weight is 316 g/mol. The first-order valence-corrected chi connectivity index (χ1v) is 9.24. The smallest absolute Gasteiger partial charge is 0.449 e. The van der Waals surface area contributed by atoms with Gasteiger partial charge in [0.25, 0.3) is 0 Å². The zero-order chi connectivity index (χ0) is 16.2. The molecular formula is C20H28O3. The summed E-state index contributed by atoms with van der Waals surface area (Å²) in [6.07, 6.45) is 13.2. The molecular weight excluding hydrogens is 288 g/mol. The van der Waals surface area contributed by atoms with Gasteiger partial charge in [-0.05, 0) is 78.8 Å². The molecule has 0 aromatic rings. The molecule has 23 heavy (non-hydrogen) atoms. The van der Waals surface area contributed by atoms with E-state index in [1.54, 1.807) is 0 Å². The van der Waals surface area contributed by atoms with Gasteiger partial charge in [-0.1, -0.05) is 26.3 Å². The molecule has 3 heteroatoms. The van der Waals surface area contributed by atoms with Gasteiger partial charge in [0, 0.05) is 6.42 Å². The topological polar surface area (TPSA) is 46.5 Å². The first-order chi connectivity index (χ1) is 10.9. The van der Waals surface area contributed by atoms with E-state index in [0.29, 0.717) is 11.2 Å². The first-order valence-electron chi connectivity index (χ1n) is 9.24. The Morgan fingerprint density at radius 2 is 2.04 bits per heavy atom. The van der Waals surface area contributed by atoms with Crippen molar-refractivity contribution in [3.8, 4) is 0 Å². The van der Waals surface area contributed by atoms with Crippen molar-refractivity contribution in [2.45, 2.75) is 65.2 Å². The molecule has 3 nitrogen and oxygen atoms in total. The Morgan fingerprint density at radius 3 is 2.83 bits per heavy atom. The van der Waals surface area contributed by atoms with Crippen LogP contribution >= 0.6 is 0 Å². The van der Waals surface area contributed by atoms with Crippen molar-refractivity contribution < 1.29 is 14.6 Å². The Labute approximate surface area is 138 Å². The van der Waals surface area contributed by atoms with Crippen LogP contribution in [0.3, 0.4) is 0 Å². The minimum atomic E-state index is -1.19. The zero-order valence-electron chi connectivity index (χ0n) is 14.3. The summed E-state index contributed by atoms with van der Waals surface area (Å²) in [6.45, 7) is 4.95. The summed E-state index contributed by atoms with van der Waals surface area (Å²) in [5.74, 6) is 3.12. The molecule has 4 aliphatic carbocycles. The molecule has 0 saturated heterocycles. The summed E-state index contributed by atoms with van der Waals surface area (Å²) in [6, 6.07) is 0. The van der Waals surface area contributed by atoms with Crippen LogP contribution in [0, 0.1) is 28.6 Å². The fraction of sp³-hybridized carbons (Fsp3) is 0.750. The monoisotopic (exact) mass is 316 g/mol. The second kappa shape index (κ2) is 5.12. The Morgan fingerprint density at radius 1 is 1.22 bits per heavy atom. The van der Waals surface area contributed by atoms with Crippen molar-refractivity contribution >= 4 is 6.16 Å². The van der Waals surface area contributed by atoms with Crippen molar-refractivity contribution in [3.05, 3.63) is 23.5 Å². The van der Waals surface area contributed by atoms with Crippen molar-refractivity contribution in [3.63, 3.8) is 0 Å². The molecule has 126 valence electrons. The van der Waals surface area contributed by atoms with Crippen LogP contribution in [-0.4, -0.2) is 11.3 Å². The van der Waals surface area contributed by atoms with Crippen LogP contribution in [0.1, 0.15) is 65.2 Å². The van der Waals surface area contributed by atoms with Crippen LogP contribution in [0.15, 0.2) is 23.5 Å². The van der Waals surface area contributed by atoms with E-state index in [1.165, 1.54) is 44.1 Å². The Hall–Kier alpha value is -1.25. The highest BCUT2D eigenvalue weighted by Crippen LogP contribution is 2.64. The number of hydrogen-bond donors (Lipinski definition) is 1. The van der Waals surface area contributed by atoms with Crippen LogP contribution < -0.4 is 0 Å². The number of ether oxygens (including phenoxy) is 1. The molecule has 4 rings (SSSR count). The van der Waals surface area contributed by atoms with E-state index >= 15 is 0 Å². The van der Waals surface area contributed by atoms with Gasteiger partial charge in [-0.25, -0.2) is 4.79 Å². The predicted octanol–water partition coefficient (Wildman–Crippen LogP) is 5.53. The molecule has 0 spiro atoms. The van der Waals surface area contributed by atoms with Crippen LogP contribution in [-0.2, 0) is 4.74 Å². The van der Waals surface area contributed by atoms with E-state index in [-0.39, 0.29) is 5.41 Å². The molecule has 0 radical (unpaired) electrons. The van der Waals surface area contributed by atoms with E-state index in [2.05, 4.69) is 19.9 Å². The maximum atomic E-state index is 10.8. The van der Waals surface area contributed by atoms with Crippen LogP contribution in [0.25, 0.3) is 0 Å². The van der Waals surface area contributed by atoms with E-state index in [4.69, 9.17) is 9.84 Å². The molecule has 0 heterocycles. The predicted molar refractivity (Wildman–Crippen MR) is 88.9 cm³/mol. The van der Waals surface area contributed by atoms with Gasteiger partial charge in [0.2, 0.25) is 0 Å². The Bertz CT molecular complexity index is 590. The number of rotatable bonds is 1. The normalized spacial score (nSPS) is 45.2. The molecule has 2 saturated carbocycles. The number of carbonyl (C=O) groups is 1. The molecule has 0 aromatic heterocycles. The maximum Gasteiger partial charge on any atom is 0.511 e. The summed E-state index contributed by atoms with van der Waals surface area (Å²) in [5.41, 5.74) is 2.14. The maximum absolute atomic E-state index is 10.8. The fourth-order valence-electron chi connectivity index (χ4n) is 6.49. The van der Waals surface area contributed by atoms with E-state index in [1.807, 2.05) is 6.08 Å². The second-order valence-electron chi connectivity index (χ2n) is 8.75. The third-order valence-corrected chi connectivity index (χ3v) is 7.73. The summed E-state index contributed by atoms with van der Waals surface area (Å²) in [7, 11) is 0. The minimum Gasteiger partial charge on any atom is -0.449 e. The van der Waals surface area contributed by atoms with Crippen LogP contribution in [0.4, 0.5) is 4.79 Å². The van der Waals surface area contributed by atoms with Gasteiger partial charge in [-0.3, -0.25) is 0 Å². The quantitative estimate of drug-likeness (QED) is 0.647. The number of allylic oxidation sites excluding steroid dienone is 4. The van der Waals surface area contributed by atoms with E-state index in [9.17, 15) is 4.79 Å². The second-order valence-corrected chi connectivity index (χ2v) is 8.75. The third kappa shape index (κ3) is 2.27. The van der Waals surface area contributed by atoms with Gasteiger partial charge in [-0.2, -0.15) is 0 Å². The van der Waals surface area contributed by atoms with Gasteiger partial charge < -0.3 is 9.84 Å². The summed E-state index contributed by atoms with van der Waals surface area (Å²) < 4.78 is 4.94. The lowest BCUT2D eigenvalue weighted by Crippen LogP contribution is -2.47. The van der Waals surface area contributed by atoms with Crippen LogP contribution in [0.5, 0.6) is 0 Å². The SMILES string of the molecule is C[C@@]12CCC[C@H]1[C@@H]1CC=C3C=C(OC(=O)O)CC[C@]3(C)[C@H]1CC2. The average Bonchev–Trinajstić information content (AvgIpc) is 2.89. The largest absolute Gasteiger partial charge is 0.511 e. The molecule has 0 unspecified atom stereocenters. The van der Waals surface area contributed by atoms with Crippen molar-refractivity contribution in [2.24, 2.45) is 28.6 Å². The van der Waals surface area contributed by atoms with Gasteiger partial charge in [0.05, 0.1) is 0 Å². The lowest BCUT2D eigenvalue weighted by molar-refractivity contribution is -0.0202. The van der Waals surface area contributed by atoms with Crippen molar-refractivity contribution in [1.82, 2.24) is 0 Å². The van der Waals surface area contributed by atoms with E-state index in [0.717, 1.165) is 30.6 Å². The van der Waals surface area contributed by atoms with Gasteiger partial charge in [-0.15, -0.1) is 0 Å². The number of hydrogen-bond acceptors (Lipinski definition) is 2. The van der Waals surface area contributed by atoms with Gasteiger partial charge in [0.1, 0.15) is 5.76 Å². The molecule has 1 N–H and O–H groups in total. The molecule has 0 aromatic carbocycles. The summed E-state index contributed by atoms with van der Waals surface area (Å²) in [4.78, 5) is 10.8. The lowest BCUT2D eigenvalue weighted by atomic mass is 9.49. The molecule has 2 fully saturated rings. The fourth-order valence-corrected chi connectivity index (χ4v) is 6.49. The zero-order valence-corrected chi connectivity index (χ0v) is 14.3. The number of carboxylic acid groups (broad SMARTS) is 1. The highest BCUT2D eigenvalue weighted by atomic mass is 16.7. The third-order valence-electron chi connectivity index (χ3n) is 7.73. The molecule has 0 bridgehead atoms. The molecule has 0 amide bonds. The Balaban J connectivity index is 1.65. The molecule has 4 aliphatic rings. The first kappa shape index (κ1) is 15.3. The minimum absolute atomic E-state index is 0.220. The Kier molecular flexibility index (Phi) is 3.40. The standard InChI is InChI=1S/C20H28O3/c1-19-9-3-4-16(19)15-6-5-13-12-14(23-18(21)22)7-11-20(13,2)17(15)8-10-19/h5,12,15-17H,3-4,6-11H2,1-2H3,(H,21,22)/t15-,16-,17-,19-,20-/m0/s1. The van der Waals surface area contributed by atoms with E-state index < -0.39 is 6.16 Å². The summed E-state index contributed by atoms with van der Waals surface area (Å²) >= 11 is 0.